The number of carbonyl (C=O) groups excluding carboxylic acids is 3. The van der Waals surface area contributed by atoms with Gasteiger partial charge in [0.25, 0.3) is 0 Å². The molecule has 9 heteroatoms. The van der Waals surface area contributed by atoms with Crippen molar-refractivity contribution in [2.24, 2.45) is 10.8 Å². The van der Waals surface area contributed by atoms with Crippen LogP contribution in [0.4, 0.5) is 0 Å². The molecule has 2 fully saturated rings. The number of hydrogen-bond donors (Lipinski definition) is 2. The van der Waals surface area contributed by atoms with E-state index in [4.69, 9.17) is 5.26 Å². The summed E-state index contributed by atoms with van der Waals surface area (Å²) in [6.07, 6.45) is 3.34. The van der Waals surface area contributed by atoms with Crippen LogP contribution in [0.15, 0.2) is 23.7 Å². The molecule has 1 aliphatic carbocycles. The van der Waals surface area contributed by atoms with Crippen molar-refractivity contribution >= 4 is 29.4 Å². The lowest BCUT2D eigenvalue weighted by Crippen LogP contribution is -2.57. The molecule has 38 heavy (non-hydrogen) atoms. The first-order valence-corrected chi connectivity index (χ1v) is 14.0. The number of benzene rings is 1. The van der Waals surface area contributed by atoms with Gasteiger partial charge in [-0.25, -0.2) is 4.98 Å². The van der Waals surface area contributed by atoms with Gasteiger partial charge in [0.2, 0.25) is 11.8 Å². The number of aromatic nitrogens is 1. The summed E-state index contributed by atoms with van der Waals surface area (Å²) in [5.74, 6) is -0.602. The Morgan fingerprint density at radius 3 is 2.53 bits per heavy atom. The molecule has 1 aromatic carbocycles. The molecule has 204 valence electrons. The van der Waals surface area contributed by atoms with E-state index in [2.05, 4.69) is 47.7 Å². The average molecular weight is 538 g/mol. The molecule has 1 aliphatic heterocycles. The van der Waals surface area contributed by atoms with E-state index in [0.717, 1.165) is 24.9 Å². The van der Waals surface area contributed by atoms with Gasteiger partial charge in [0.1, 0.15) is 17.7 Å². The van der Waals surface area contributed by atoms with Gasteiger partial charge in [-0.3, -0.25) is 9.59 Å². The molecular weight excluding hydrogens is 498 g/mol. The highest BCUT2D eigenvalue weighted by Gasteiger charge is 2.52. The van der Waals surface area contributed by atoms with Crippen LogP contribution in [0, 0.1) is 36.0 Å². The van der Waals surface area contributed by atoms with Gasteiger partial charge in [-0.05, 0) is 68.7 Å². The lowest BCUT2D eigenvalue weighted by Gasteiger charge is -2.35. The number of hydrogen-bond acceptors (Lipinski definition) is 7. The lowest BCUT2D eigenvalue weighted by atomic mass is 9.85. The highest BCUT2D eigenvalue weighted by atomic mass is 32.1. The van der Waals surface area contributed by atoms with E-state index in [-0.39, 0.29) is 11.8 Å². The molecule has 2 amide bonds. The lowest BCUT2D eigenvalue weighted by molar-refractivity contribution is -0.142. The number of thiazole rings is 1. The Morgan fingerprint density at radius 2 is 2.03 bits per heavy atom. The van der Waals surface area contributed by atoms with Crippen LogP contribution in [-0.4, -0.2) is 53.7 Å². The Morgan fingerprint density at radius 1 is 1.32 bits per heavy atom. The summed E-state index contributed by atoms with van der Waals surface area (Å²) in [6.45, 7) is 11.3. The van der Waals surface area contributed by atoms with E-state index in [1.165, 1.54) is 21.6 Å². The zero-order chi connectivity index (χ0) is 28.1. The molecule has 8 nitrogen and oxygen atoms in total. The molecule has 1 saturated carbocycles. The van der Waals surface area contributed by atoms with Gasteiger partial charge in [0.05, 0.1) is 28.2 Å². The maximum absolute atomic E-state index is 12.8. The Balaban J connectivity index is 0.000000221. The highest BCUT2D eigenvalue weighted by molar-refractivity contribution is 7.13. The number of rotatable bonds is 7. The van der Waals surface area contributed by atoms with Gasteiger partial charge in [-0.15, -0.1) is 11.3 Å². The van der Waals surface area contributed by atoms with Gasteiger partial charge < -0.3 is 20.3 Å². The summed E-state index contributed by atoms with van der Waals surface area (Å²) in [5, 5.41) is 15.1. The number of amides is 2. The van der Waals surface area contributed by atoms with Crippen LogP contribution in [0.2, 0.25) is 0 Å². The number of carbonyl (C=O) groups is 3. The maximum atomic E-state index is 12.8. The molecule has 0 spiro atoms. The monoisotopic (exact) mass is 537 g/mol. The normalized spacial score (nSPS) is 18.6. The van der Waals surface area contributed by atoms with Crippen LogP contribution < -0.4 is 10.6 Å². The highest BCUT2D eigenvalue weighted by Crippen LogP contribution is 2.45. The fourth-order valence-corrected chi connectivity index (χ4v) is 5.41. The number of nitrogens with zero attached hydrogens (tertiary/aromatic N) is 3. The van der Waals surface area contributed by atoms with E-state index < -0.39 is 22.9 Å². The first-order valence-electron chi connectivity index (χ1n) is 13.1. The predicted molar refractivity (Wildman–Crippen MR) is 149 cm³/mol. The SMILES string of the molecule is CC(C)(C)C(NC(=O)C1(C#N)CC1)C(=O)N1CCCC1C=O.CNCc1ccc(-c2scnc2C)cc1C. The van der Waals surface area contributed by atoms with E-state index >= 15 is 0 Å². The smallest absolute Gasteiger partial charge is 0.246 e. The minimum atomic E-state index is -0.959. The van der Waals surface area contributed by atoms with Crippen molar-refractivity contribution in [3.8, 4) is 16.5 Å². The van der Waals surface area contributed by atoms with Crippen LogP contribution in [0.1, 0.15) is 63.3 Å². The number of aldehydes is 1. The Kier molecular flexibility index (Phi) is 9.45. The summed E-state index contributed by atoms with van der Waals surface area (Å²) in [5.41, 5.74) is 5.53. The van der Waals surface area contributed by atoms with Crippen molar-refractivity contribution in [3.63, 3.8) is 0 Å². The van der Waals surface area contributed by atoms with Crippen LogP contribution in [-0.2, 0) is 20.9 Å². The number of likely N-dealkylation sites (tertiary alicyclic amines) is 1. The molecule has 2 unspecified atom stereocenters. The zero-order valence-corrected chi connectivity index (χ0v) is 24.1. The molecule has 2 aliphatic rings. The van der Waals surface area contributed by atoms with E-state index in [0.29, 0.717) is 25.8 Å². The van der Waals surface area contributed by atoms with E-state index in [9.17, 15) is 14.4 Å². The van der Waals surface area contributed by atoms with Gasteiger partial charge in [0.15, 0.2) is 0 Å². The number of nitriles is 1. The third kappa shape index (κ3) is 6.66. The molecule has 2 N–H and O–H groups in total. The Bertz CT molecular complexity index is 1210. The van der Waals surface area contributed by atoms with E-state index in [1.807, 2.05) is 39.4 Å². The molecule has 1 saturated heterocycles. The third-order valence-corrected chi connectivity index (χ3v) is 8.22. The quantitative estimate of drug-likeness (QED) is 0.513. The van der Waals surface area contributed by atoms with Gasteiger partial charge >= 0.3 is 0 Å². The number of aryl methyl sites for hydroxylation is 2. The molecular formula is C29H39N5O3S. The summed E-state index contributed by atoms with van der Waals surface area (Å²) in [6, 6.07) is 7.53. The van der Waals surface area contributed by atoms with Crippen molar-refractivity contribution in [1.29, 1.82) is 5.26 Å². The van der Waals surface area contributed by atoms with Gasteiger partial charge in [0, 0.05) is 13.1 Å². The van der Waals surface area contributed by atoms with Crippen LogP contribution in [0.5, 0.6) is 0 Å². The fraction of sp³-hybridized carbons (Fsp3) is 0.552. The third-order valence-electron chi connectivity index (χ3n) is 7.24. The molecule has 2 aromatic rings. The molecule has 2 heterocycles. The average Bonchev–Trinajstić information content (AvgIpc) is 3.32. The molecule has 1 aromatic heterocycles. The maximum Gasteiger partial charge on any atom is 0.246 e. The molecule has 2 atom stereocenters. The fourth-order valence-electron chi connectivity index (χ4n) is 4.61. The second kappa shape index (κ2) is 12.2. The molecule has 4 rings (SSSR count). The zero-order valence-electron chi connectivity index (χ0n) is 23.3. The first kappa shape index (κ1) is 29.5. The summed E-state index contributed by atoms with van der Waals surface area (Å²) in [7, 11) is 1.97. The van der Waals surface area contributed by atoms with Crippen molar-refractivity contribution < 1.29 is 14.4 Å². The van der Waals surface area contributed by atoms with Crippen LogP contribution >= 0.6 is 11.3 Å². The van der Waals surface area contributed by atoms with Crippen molar-refractivity contribution in [1.82, 2.24) is 20.5 Å². The van der Waals surface area contributed by atoms with Gasteiger partial charge in [-0.2, -0.15) is 5.26 Å². The largest absolute Gasteiger partial charge is 0.342 e. The molecule has 0 radical (unpaired) electrons. The minimum absolute atomic E-state index is 0.232. The summed E-state index contributed by atoms with van der Waals surface area (Å²) in [4.78, 5) is 43.3. The second-order valence-corrected chi connectivity index (χ2v) is 12.1. The van der Waals surface area contributed by atoms with Gasteiger partial charge in [-0.1, -0.05) is 39.0 Å². The van der Waals surface area contributed by atoms with Crippen LogP contribution in [0.25, 0.3) is 10.4 Å². The molecule has 0 bridgehead atoms. The van der Waals surface area contributed by atoms with Crippen molar-refractivity contribution in [2.75, 3.05) is 13.6 Å². The Labute approximate surface area is 229 Å². The van der Waals surface area contributed by atoms with E-state index in [1.54, 1.807) is 16.2 Å². The van der Waals surface area contributed by atoms with Crippen LogP contribution in [0.3, 0.4) is 0 Å². The minimum Gasteiger partial charge on any atom is -0.342 e. The topological polar surface area (TPSA) is 115 Å². The Hall–Kier alpha value is -3.09. The summed E-state index contributed by atoms with van der Waals surface area (Å²) < 4.78 is 0. The standard InChI is InChI=1S/C16H23N3O3.C13H16N2S/c1-15(2,3)12(18-14(22)16(10-17)6-7-16)13(21)19-8-4-5-11(19)9-20;1-9-6-11(4-5-12(9)7-14-3)13-10(2)15-8-16-13/h9,11-12H,4-8H2,1-3H3,(H,18,22);4-6,8,14H,7H2,1-3H3. The summed E-state index contributed by atoms with van der Waals surface area (Å²) >= 11 is 1.70. The number of nitrogens with one attached hydrogen (secondary N) is 2. The second-order valence-electron chi connectivity index (χ2n) is 11.3. The van der Waals surface area contributed by atoms with Crippen molar-refractivity contribution in [2.45, 2.75) is 78.9 Å². The first-order chi connectivity index (χ1) is 18.0. The van der Waals surface area contributed by atoms with Crippen molar-refractivity contribution in [3.05, 3.63) is 40.5 Å². The predicted octanol–water partition coefficient (Wildman–Crippen LogP) is 4.16.